The predicted molar refractivity (Wildman–Crippen MR) is 138 cm³/mol. The topological polar surface area (TPSA) is 136 Å². The molecule has 36 heavy (non-hydrogen) atoms. The summed E-state index contributed by atoms with van der Waals surface area (Å²) in [5.41, 5.74) is 9.62. The smallest absolute Gasteiger partial charge is 0.227 e. The number of ether oxygens (including phenoxy) is 2. The molecule has 0 radical (unpaired) electrons. The van der Waals surface area contributed by atoms with E-state index in [1.165, 1.54) is 11.1 Å². The van der Waals surface area contributed by atoms with Gasteiger partial charge in [0.1, 0.15) is 24.1 Å². The molecule has 1 aliphatic heterocycles. The van der Waals surface area contributed by atoms with Crippen molar-refractivity contribution in [1.82, 2.24) is 15.0 Å². The van der Waals surface area contributed by atoms with Crippen molar-refractivity contribution in [3.63, 3.8) is 0 Å². The minimum absolute atomic E-state index is 0.144. The molecule has 1 aliphatic carbocycles. The zero-order valence-electron chi connectivity index (χ0n) is 19.8. The van der Waals surface area contributed by atoms with E-state index >= 15 is 0 Å². The van der Waals surface area contributed by atoms with E-state index in [1.54, 1.807) is 0 Å². The van der Waals surface area contributed by atoms with Crippen molar-refractivity contribution in [2.24, 2.45) is 0 Å². The minimum Gasteiger partial charge on any atom is -0.388 e. The maximum atomic E-state index is 10.5. The standard InChI is InChI=1S/C26H30BrN5O4/c27-18-7-5-15(6-8-18)13-35-14-21-24(34)23(33)20(36-21)9-10-22-30-25(28)32-26(31-22)29-19-11-16-3-1-2-4-17(16)12-19/h1-8,19-21,23-24,33-34H,9-14H2,(H3,28,29,30,31,32)/t20-,21+,23-,24+/m0/s1. The lowest BCUT2D eigenvalue weighted by Crippen LogP contribution is -2.34. The van der Waals surface area contributed by atoms with Crippen molar-refractivity contribution in [3.8, 4) is 0 Å². The number of halogens is 1. The van der Waals surface area contributed by atoms with Crippen LogP contribution in [0.25, 0.3) is 0 Å². The van der Waals surface area contributed by atoms with Gasteiger partial charge in [-0.05, 0) is 48.1 Å². The van der Waals surface area contributed by atoms with Crippen LogP contribution in [0.2, 0.25) is 0 Å². The number of fused-ring (bicyclic) bond motifs is 1. The van der Waals surface area contributed by atoms with Crippen LogP contribution in [-0.2, 0) is 35.3 Å². The highest BCUT2D eigenvalue weighted by atomic mass is 79.9. The number of aryl methyl sites for hydroxylation is 1. The second-order valence-electron chi connectivity index (χ2n) is 9.33. The van der Waals surface area contributed by atoms with Crippen LogP contribution in [0.3, 0.4) is 0 Å². The molecule has 9 nitrogen and oxygen atoms in total. The van der Waals surface area contributed by atoms with E-state index in [4.69, 9.17) is 15.2 Å². The Morgan fingerprint density at radius 3 is 2.39 bits per heavy atom. The van der Waals surface area contributed by atoms with Crippen molar-refractivity contribution < 1.29 is 19.7 Å². The van der Waals surface area contributed by atoms with Gasteiger partial charge in [-0.25, -0.2) is 0 Å². The monoisotopic (exact) mass is 555 g/mol. The number of aliphatic hydroxyl groups excluding tert-OH is 2. The lowest BCUT2D eigenvalue weighted by Gasteiger charge is -2.15. The predicted octanol–water partition coefficient (Wildman–Crippen LogP) is 2.43. The van der Waals surface area contributed by atoms with Crippen LogP contribution in [0.4, 0.5) is 11.9 Å². The second kappa shape index (κ2) is 11.2. The average Bonchev–Trinajstić information content (AvgIpc) is 3.39. The number of anilines is 2. The van der Waals surface area contributed by atoms with E-state index in [0.717, 1.165) is 22.9 Å². The molecule has 0 bridgehead atoms. The Bertz CT molecular complexity index is 1160. The molecule has 1 saturated heterocycles. The first kappa shape index (κ1) is 25.0. The van der Waals surface area contributed by atoms with Gasteiger partial charge in [-0.15, -0.1) is 0 Å². The van der Waals surface area contributed by atoms with Gasteiger partial charge < -0.3 is 30.7 Å². The molecule has 0 amide bonds. The molecule has 5 rings (SSSR count). The fourth-order valence-electron chi connectivity index (χ4n) is 4.80. The number of nitrogens with zero attached hydrogens (tertiary/aromatic N) is 3. The van der Waals surface area contributed by atoms with Gasteiger partial charge in [-0.3, -0.25) is 0 Å². The van der Waals surface area contributed by atoms with Crippen LogP contribution in [0, 0.1) is 0 Å². The van der Waals surface area contributed by atoms with Crippen molar-refractivity contribution >= 4 is 27.8 Å². The molecule has 0 spiro atoms. The van der Waals surface area contributed by atoms with Gasteiger partial charge in [-0.2, -0.15) is 15.0 Å². The quantitative estimate of drug-likeness (QED) is 0.313. The van der Waals surface area contributed by atoms with Crippen LogP contribution >= 0.6 is 15.9 Å². The molecule has 2 aromatic carbocycles. The molecule has 0 saturated carbocycles. The maximum absolute atomic E-state index is 10.5. The van der Waals surface area contributed by atoms with E-state index < -0.39 is 24.4 Å². The second-order valence-corrected chi connectivity index (χ2v) is 10.2. The zero-order valence-corrected chi connectivity index (χ0v) is 21.3. The first-order chi connectivity index (χ1) is 17.4. The molecule has 190 valence electrons. The molecule has 4 atom stereocenters. The Hall–Kier alpha value is -2.63. The number of benzene rings is 2. The third-order valence-electron chi connectivity index (χ3n) is 6.66. The lowest BCUT2D eigenvalue weighted by molar-refractivity contribution is -0.0495. The van der Waals surface area contributed by atoms with Crippen LogP contribution in [-0.4, -0.2) is 62.2 Å². The Kier molecular flexibility index (Phi) is 7.78. The zero-order chi connectivity index (χ0) is 25.1. The van der Waals surface area contributed by atoms with Gasteiger partial charge in [0.05, 0.1) is 19.3 Å². The van der Waals surface area contributed by atoms with E-state index in [-0.39, 0.29) is 18.6 Å². The number of aliphatic hydroxyl groups is 2. The molecular weight excluding hydrogens is 526 g/mol. The highest BCUT2D eigenvalue weighted by Crippen LogP contribution is 2.26. The summed E-state index contributed by atoms with van der Waals surface area (Å²) in [5, 5.41) is 24.3. The largest absolute Gasteiger partial charge is 0.388 e. The Morgan fingerprint density at radius 1 is 0.972 bits per heavy atom. The summed E-state index contributed by atoms with van der Waals surface area (Å²) < 4.78 is 12.6. The number of hydrogen-bond donors (Lipinski definition) is 4. The third kappa shape index (κ3) is 6.01. The first-order valence-corrected chi connectivity index (χ1v) is 12.9. The van der Waals surface area contributed by atoms with Crippen molar-refractivity contribution in [2.75, 3.05) is 17.7 Å². The fourth-order valence-corrected chi connectivity index (χ4v) is 5.07. The summed E-state index contributed by atoms with van der Waals surface area (Å²) in [6.07, 6.45) is -0.535. The Labute approximate surface area is 218 Å². The van der Waals surface area contributed by atoms with E-state index in [2.05, 4.69) is 60.5 Å². The van der Waals surface area contributed by atoms with Crippen molar-refractivity contribution in [2.45, 2.75) is 62.7 Å². The fraction of sp³-hybridized carbons (Fsp3) is 0.423. The van der Waals surface area contributed by atoms with Gasteiger partial charge in [0.25, 0.3) is 0 Å². The minimum atomic E-state index is -1.02. The summed E-state index contributed by atoms with van der Waals surface area (Å²) in [7, 11) is 0. The number of hydrogen-bond acceptors (Lipinski definition) is 9. The summed E-state index contributed by atoms with van der Waals surface area (Å²) in [6, 6.07) is 16.4. The number of rotatable bonds is 9. The van der Waals surface area contributed by atoms with Gasteiger partial charge >= 0.3 is 0 Å². The van der Waals surface area contributed by atoms with Crippen LogP contribution < -0.4 is 11.1 Å². The van der Waals surface area contributed by atoms with Crippen molar-refractivity contribution in [3.05, 3.63) is 75.5 Å². The molecule has 1 fully saturated rings. The Balaban J connectivity index is 1.12. The number of nitrogen functional groups attached to an aromatic ring is 1. The highest BCUT2D eigenvalue weighted by Gasteiger charge is 2.42. The van der Waals surface area contributed by atoms with Crippen LogP contribution in [0.15, 0.2) is 53.0 Å². The molecule has 0 unspecified atom stereocenters. The van der Waals surface area contributed by atoms with Crippen LogP contribution in [0.5, 0.6) is 0 Å². The van der Waals surface area contributed by atoms with Gasteiger partial charge in [0, 0.05) is 16.9 Å². The molecular formula is C26H30BrN5O4. The molecule has 3 aromatic rings. The van der Waals surface area contributed by atoms with Crippen molar-refractivity contribution in [1.29, 1.82) is 0 Å². The Morgan fingerprint density at radius 2 is 1.67 bits per heavy atom. The van der Waals surface area contributed by atoms with Crippen LogP contribution in [0.1, 0.15) is 28.9 Å². The molecule has 2 heterocycles. The molecule has 10 heteroatoms. The molecule has 1 aromatic heterocycles. The van der Waals surface area contributed by atoms with Gasteiger partial charge in [0.15, 0.2) is 0 Å². The third-order valence-corrected chi connectivity index (χ3v) is 7.19. The lowest BCUT2D eigenvalue weighted by atomic mass is 10.0. The number of nitrogens with two attached hydrogens (primary N) is 1. The summed E-state index contributed by atoms with van der Waals surface area (Å²) in [6.45, 7) is 0.577. The normalized spacial score (nSPS) is 23.6. The van der Waals surface area contributed by atoms with E-state index in [0.29, 0.717) is 31.2 Å². The first-order valence-electron chi connectivity index (χ1n) is 12.1. The SMILES string of the molecule is Nc1nc(CC[C@@H]2O[C@H](COCc3ccc(Br)cc3)[C@@H](O)[C@H]2O)nc(NC2Cc3ccccc3C2)n1. The molecule has 2 aliphatic rings. The van der Waals surface area contributed by atoms with Gasteiger partial charge in [-0.1, -0.05) is 52.3 Å². The van der Waals surface area contributed by atoms with E-state index in [1.807, 2.05) is 24.3 Å². The van der Waals surface area contributed by atoms with Gasteiger partial charge in [0.2, 0.25) is 11.9 Å². The van der Waals surface area contributed by atoms with E-state index in [9.17, 15) is 10.2 Å². The average molecular weight is 556 g/mol. The number of aromatic nitrogens is 3. The maximum Gasteiger partial charge on any atom is 0.227 e. The molecule has 5 N–H and O–H groups in total. The summed E-state index contributed by atoms with van der Waals surface area (Å²) >= 11 is 3.41. The highest BCUT2D eigenvalue weighted by molar-refractivity contribution is 9.10. The number of nitrogens with one attached hydrogen (secondary N) is 1. The summed E-state index contributed by atoms with van der Waals surface area (Å²) in [5.74, 6) is 1.10. The summed E-state index contributed by atoms with van der Waals surface area (Å²) in [4.78, 5) is 13.0.